The third-order valence-electron chi connectivity index (χ3n) is 2.61. The molecule has 0 bridgehead atoms. The third kappa shape index (κ3) is 3.29. The van der Waals surface area contributed by atoms with Crippen LogP contribution in [0.5, 0.6) is 5.75 Å². The molecule has 21 heavy (non-hydrogen) atoms. The number of aromatic nitrogens is 1. The number of sulfonamides is 1. The number of ether oxygens (including phenoxy) is 1. The number of benzene rings is 1. The molecule has 0 saturated heterocycles. The van der Waals surface area contributed by atoms with Crippen molar-refractivity contribution in [2.24, 2.45) is 0 Å². The fourth-order valence-electron chi connectivity index (χ4n) is 1.61. The molecule has 0 spiro atoms. The summed E-state index contributed by atoms with van der Waals surface area (Å²) in [6, 6.07) is 8.67. The molecule has 0 aliphatic heterocycles. The molecule has 0 atom stereocenters. The average Bonchev–Trinajstić information content (AvgIpc) is 2.47. The van der Waals surface area contributed by atoms with Crippen molar-refractivity contribution >= 4 is 21.8 Å². The summed E-state index contributed by atoms with van der Waals surface area (Å²) >= 11 is 0. The van der Waals surface area contributed by atoms with Crippen molar-refractivity contribution < 1.29 is 23.1 Å². The number of rotatable bonds is 5. The number of carboxylic acid groups (broad SMARTS) is 1. The Labute approximate surface area is 121 Å². The van der Waals surface area contributed by atoms with Crippen LogP contribution < -0.4 is 9.46 Å². The first-order valence-electron chi connectivity index (χ1n) is 5.79. The maximum absolute atomic E-state index is 12.3. The summed E-state index contributed by atoms with van der Waals surface area (Å²) in [5, 5.41) is 8.76. The maximum atomic E-state index is 12.3. The van der Waals surface area contributed by atoms with Gasteiger partial charge in [-0.25, -0.2) is 18.2 Å². The number of nitrogens with one attached hydrogen (secondary N) is 1. The monoisotopic (exact) mass is 308 g/mol. The van der Waals surface area contributed by atoms with Gasteiger partial charge in [0.05, 0.1) is 12.7 Å². The molecule has 2 N–H and O–H groups in total. The lowest BCUT2D eigenvalue weighted by Crippen LogP contribution is -2.15. The molecule has 0 aliphatic rings. The van der Waals surface area contributed by atoms with Gasteiger partial charge in [-0.1, -0.05) is 12.1 Å². The Balaban J connectivity index is 2.31. The van der Waals surface area contributed by atoms with Crippen molar-refractivity contribution in [2.45, 2.75) is 4.90 Å². The van der Waals surface area contributed by atoms with Crippen LogP contribution in [0.25, 0.3) is 0 Å². The zero-order valence-electron chi connectivity index (χ0n) is 11.0. The summed E-state index contributed by atoms with van der Waals surface area (Å²) in [5.74, 6) is -0.917. The smallest absolute Gasteiger partial charge is 0.337 e. The molecule has 7 nitrogen and oxygen atoms in total. The average molecular weight is 308 g/mol. The Morgan fingerprint density at radius 2 is 1.95 bits per heavy atom. The number of pyridine rings is 1. The Kier molecular flexibility index (Phi) is 4.08. The molecule has 0 saturated carbocycles. The van der Waals surface area contributed by atoms with Gasteiger partial charge in [0, 0.05) is 6.20 Å². The van der Waals surface area contributed by atoms with Gasteiger partial charge < -0.3 is 9.84 Å². The second kappa shape index (κ2) is 5.80. The van der Waals surface area contributed by atoms with Crippen LogP contribution >= 0.6 is 0 Å². The van der Waals surface area contributed by atoms with Gasteiger partial charge in [0.25, 0.3) is 10.0 Å². The SMILES string of the molecule is COc1ccccc1S(=O)(=O)Nc1ccc(C(=O)O)cn1. The number of aromatic carboxylic acids is 1. The highest BCUT2D eigenvalue weighted by molar-refractivity contribution is 7.92. The molecular weight excluding hydrogens is 296 g/mol. The first-order valence-corrected chi connectivity index (χ1v) is 7.27. The van der Waals surface area contributed by atoms with Crippen molar-refractivity contribution in [3.63, 3.8) is 0 Å². The van der Waals surface area contributed by atoms with E-state index in [2.05, 4.69) is 9.71 Å². The lowest BCUT2D eigenvalue weighted by atomic mass is 10.3. The highest BCUT2D eigenvalue weighted by atomic mass is 32.2. The van der Waals surface area contributed by atoms with E-state index in [1.165, 1.54) is 31.4 Å². The molecule has 2 aromatic rings. The van der Waals surface area contributed by atoms with E-state index in [9.17, 15) is 13.2 Å². The topological polar surface area (TPSA) is 106 Å². The Bertz CT molecular complexity index is 756. The van der Waals surface area contributed by atoms with Gasteiger partial charge in [-0.2, -0.15) is 0 Å². The number of methoxy groups -OCH3 is 1. The van der Waals surface area contributed by atoms with Crippen LogP contribution in [0.15, 0.2) is 47.5 Å². The van der Waals surface area contributed by atoms with Gasteiger partial charge in [0.2, 0.25) is 0 Å². The number of nitrogens with zero attached hydrogens (tertiary/aromatic N) is 1. The quantitative estimate of drug-likeness (QED) is 0.869. The van der Waals surface area contributed by atoms with E-state index in [1.54, 1.807) is 12.1 Å². The number of para-hydroxylation sites is 1. The van der Waals surface area contributed by atoms with Crippen molar-refractivity contribution in [3.8, 4) is 5.75 Å². The lowest BCUT2D eigenvalue weighted by Gasteiger charge is -2.10. The predicted octanol–water partition coefficient (Wildman–Crippen LogP) is 1.59. The van der Waals surface area contributed by atoms with E-state index in [-0.39, 0.29) is 22.0 Å². The van der Waals surface area contributed by atoms with Crippen molar-refractivity contribution in [1.82, 2.24) is 4.98 Å². The molecule has 0 fully saturated rings. The van der Waals surface area contributed by atoms with Crippen LogP contribution in [-0.2, 0) is 10.0 Å². The third-order valence-corrected chi connectivity index (χ3v) is 4.00. The van der Waals surface area contributed by atoms with E-state index in [0.29, 0.717) is 0 Å². The summed E-state index contributed by atoms with van der Waals surface area (Å²) in [6.07, 6.45) is 1.07. The molecule has 1 aromatic carbocycles. The lowest BCUT2D eigenvalue weighted by molar-refractivity contribution is 0.0696. The first kappa shape index (κ1) is 14.8. The van der Waals surface area contributed by atoms with Crippen molar-refractivity contribution in [1.29, 1.82) is 0 Å². The second-order valence-corrected chi connectivity index (χ2v) is 5.64. The highest BCUT2D eigenvalue weighted by Gasteiger charge is 2.19. The van der Waals surface area contributed by atoms with Crippen LogP contribution in [0.1, 0.15) is 10.4 Å². The molecule has 2 rings (SSSR count). The van der Waals surface area contributed by atoms with Gasteiger partial charge in [-0.3, -0.25) is 4.72 Å². The standard InChI is InChI=1S/C13H12N2O5S/c1-20-10-4-2-3-5-11(10)21(18,19)15-12-7-6-9(8-14-12)13(16)17/h2-8H,1H3,(H,14,15)(H,16,17). The van der Waals surface area contributed by atoms with E-state index >= 15 is 0 Å². The van der Waals surface area contributed by atoms with E-state index < -0.39 is 16.0 Å². The molecular formula is C13H12N2O5S. The number of hydrogen-bond acceptors (Lipinski definition) is 5. The summed E-state index contributed by atoms with van der Waals surface area (Å²) in [4.78, 5) is 14.4. The number of carboxylic acids is 1. The zero-order chi connectivity index (χ0) is 15.5. The summed E-state index contributed by atoms with van der Waals surface area (Å²) in [6.45, 7) is 0. The largest absolute Gasteiger partial charge is 0.495 e. The molecule has 110 valence electrons. The fourth-order valence-corrected chi connectivity index (χ4v) is 2.79. The summed E-state index contributed by atoms with van der Waals surface area (Å²) in [5.41, 5.74) is -0.0322. The number of anilines is 1. The van der Waals surface area contributed by atoms with E-state index in [4.69, 9.17) is 9.84 Å². The Morgan fingerprint density at radius 3 is 2.52 bits per heavy atom. The normalized spacial score (nSPS) is 10.9. The summed E-state index contributed by atoms with van der Waals surface area (Å²) < 4.78 is 31.8. The first-order chi connectivity index (χ1) is 9.94. The van der Waals surface area contributed by atoms with Crippen LogP contribution in [-0.4, -0.2) is 31.6 Å². The molecule has 0 amide bonds. The summed E-state index contributed by atoms with van der Waals surface area (Å²) in [7, 11) is -2.50. The molecule has 0 aliphatic carbocycles. The molecule has 0 unspecified atom stereocenters. The molecule has 8 heteroatoms. The van der Waals surface area contributed by atoms with Crippen LogP contribution in [0.4, 0.5) is 5.82 Å². The minimum absolute atomic E-state index is 0.0194. The minimum Gasteiger partial charge on any atom is -0.495 e. The Morgan fingerprint density at radius 1 is 1.24 bits per heavy atom. The van der Waals surface area contributed by atoms with Crippen molar-refractivity contribution in [3.05, 3.63) is 48.2 Å². The van der Waals surface area contributed by atoms with Crippen LogP contribution in [0, 0.1) is 0 Å². The fraction of sp³-hybridized carbons (Fsp3) is 0.0769. The Hall–Kier alpha value is -2.61. The van der Waals surface area contributed by atoms with Crippen LogP contribution in [0.3, 0.4) is 0 Å². The number of carbonyl (C=O) groups is 1. The maximum Gasteiger partial charge on any atom is 0.337 e. The zero-order valence-corrected chi connectivity index (χ0v) is 11.8. The van der Waals surface area contributed by atoms with Gasteiger partial charge in [0.15, 0.2) is 0 Å². The predicted molar refractivity (Wildman–Crippen MR) is 75.0 cm³/mol. The molecule has 1 aromatic heterocycles. The van der Waals surface area contributed by atoms with Crippen LogP contribution in [0.2, 0.25) is 0 Å². The minimum atomic E-state index is -3.87. The highest BCUT2D eigenvalue weighted by Crippen LogP contribution is 2.24. The number of hydrogen-bond donors (Lipinski definition) is 2. The van der Waals surface area contributed by atoms with Gasteiger partial charge in [-0.15, -0.1) is 0 Å². The van der Waals surface area contributed by atoms with E-state index in [0.717, 1.165) is 6.20 Å². The van der Waals surface area contributed by atoms with Gasteiger partial charge >= 0.3 is 5.97 Å². The van der Waals surface area contributed by atoms with Crippen molar-refractivity contribution in [2.75, 3.05) is 11.8 Å². The molecule has 0 radical (unpaired) electrons. The molecule has 1 heterocycles. The van der Waals surface area contributed by atoms with Gasteiger partial charge in [-0.05, 0) is 24.3 Å². The second-order valence-electron chi connectivity index (χ2n) is 3.99. The van der Waals surface area contributed by atoms with Gasteiger partial charge in [0.1, 0.15) is 16.5 Å². The van der Waals surface area contributed by atoms with E-state index in [1.807, 2.05) is 0 Å².